The van der Waals surface area contributed by atoms with E-state index in [4.69, 9.17) is 16.3 Å². The fraction of sp³-hybridized carbons (Fsp3) is 0.360. The number of anilines is 1. The number of nitrogens with one attached hydrogen (secondary N) is 1. The Morgan fingerprint density at radius 2 is 2.06 bits per heavy atom. The Morgan fingerprint density at radius 1 is 1.21 bits per heavy atom. The summed E-state index contributed by atoms with van der Waals surface area (Å²) < 4.78 is 9.15. The molecule has 1 amide bonds. The molecule has 9 heteroatoms. The van der Waals surface area contributed by atoms with E-state index in [0.29, 0.717) is 33.6 Å². The lowest BCUT2D eigenvalue weighted by atomic mass is 9.87. The van der Waals surface area contributed by atoms with Crippen molar-refractivity contribution >= 4 is 28.8 Å². The Morgan fingerprint density at radius 3 is 2.88 bits per heavy atom. The third-order valence-electron chi connectivity index (χ3n) is 6.50. The van der Waals surface area contributed by atoms with Gasteiger partial charge in [0.15, 0.2) is 5.65 Å². The van der Waals surface area contributed by atoms with Crippen LogP contribution in [0, 0.1) is 5.92 Å². The molecule has 4 aromatic rings. The van der Waals surface area contributed by atoms with Crippen LogP contribution in [0.1, 0.15) is 48.9 Å². The third kappa shape index (κ3) is 4.50. The third-order valence-corrected chi connectivity index (χ3v) is 6.74. The van der Waals surface area contributed by atoms with Crippen LogP contribution >= 0.6 is 11.6 Å². The van der Waals surface area contributed by atoms with Gasteiger partial charge < -0.3 is 10.1 Å². The first-order valence-corrected chi connectivity index (χ1v) is 12.0. The number of carbonyl (C=O) groups excluding carboxylic acids is 1. The fourth-order valence-corrected chi connectivity index (χ4v) is 4.93. The van der Waals surface area contributed by atoms with Gasteiger partial charge in [-0.15, -0.1) is 0 Å². The van der Waals surface area contributed by atoms with Crippen molar-refractivity contribution in [3.8, 4) is 17.0 Å². The van der Waals surface area contributed by atoms with Gasteiger partial charge in [0.25, 0.3) is 5.91 Å². The number of methoxy groups -OCH3 is 1. The lowest BCUT2D eigenvalue weighted by Crippen LogP contribution is -2.14. The summed E-state index contributed by atoms with van der Waals surface area (Å²) in [5.41, 5.74) is 3.02. The molecule has 1 N–H and O–H groups in total. The summed E-state index contributed by atoms with van der Waals surface area (Å²) in [5.74, 6) is 1.06. The molecule has 1 aromatic carbocycles. The van der Waals surface area contributed by atoms with Gasteiger partial charge in [0.1, 0.15) is 11.3 Å². The second kappa shape index (κ2) is 9.85. The summed E-state index contributed by atoms with van der Waals surface area (Å²) in [6.07, 6.45) is 14.1. The van der Waals surface area contributed by atoms with E-state index in [0.717, 1.165) is 24.2 Å². The molecule has 176 valence electrons. The molecule has 3 aromatic heterocycles. The van der Waals surface area contributed by atoms with Gasteiger partial charge in [-0.25, -0.2) is 9.50 Å². The largest absolute Gasteiger partial charge is 0.496 e. The van der Waals surface area contributed by atoms with Gasteiger partial charge in [0.05, 0.1) is 30.9 Å². The molecule has 1 aliphatic rings. The van der Waals surface area contributed by atoms with E-state index in [1.54, 1.807) is 42.3 Å². The van der Waals surface area contributed by atoms with E-state index >= 15 is 0 Å². The first-order chi connectivity index (χ1) is 16.6. The number of hydrogen-bond donors (Lipinski definition) is 1. The lowest BCUT2D eigenvalue weighted by Gasteiger charge is -2.22. The Bertz CT molecular complexity index is 1310. The molecule has 34 heavy (non-hydrogen) atoms. The second-order valence-corrected chi connectivity index (χ2v) is 9.10. The van der Waals surface area contributed by atoms with Crippen molar-refractivity contribution in [1.29, 1.82) is 0 Å². The predicted molar refractivity (Wildman–Crippen MR) is 131 cm³/mol. The topological polar surface area (TPSA) is 86.3 Å². The standard InChI is InChI=1S/C25H27ClN6O2/c1-34-22-9-8-18(26)14-19(22)23-21(16-29-31(23)13-10-17-6-3-2-4-7-17)30-25(33)20-15-28-32-12-5-11-27-24(20)32/h5,8-9,11-12,14-17H,2-4,6-7,10,13H2,1H3,(H,30,33). The maximum Gasteiger partial charge on any atom is 0.261 e. The van der Waals surface area contributed by atoms with Gasteiger partial charge >= 0.3 is 0 Å². The molecule has 0 radical (unpaired) electrons. The summed E-state index contributed by atoms with van der Waals surface area (Å²) in [6, 6.07) is 7.23. The molecular weight excluding hydrogens is 452 g/mol. The van der Waals surface area contributed by atoms with Crippen molar-refractivity contribution in [2.24, 2.45) is 5.92 Å². The number of halogens is 1. The van der Waals surface area contributed by atoms with Crippen molar-refractivity contribution in [2.45, 2.75) is 45.1 Å². The molecule has 0 saturated heterocycles. The zero-order valence-corrected chi connectivity index (χ0v) is 19.8. The summed E-state index contributed by atoms with van der Waals surface area (Å²) in [6.45, 7) is 0.754. The number of aryl methyl sites for hydroxylation is 1. The average Bonchev–Trinajstić information content (AvgIpc) is 3.47. The van der Waals surface area contributed by atoms with Gasteiger partial charge in [-0.3, -0.25) is 9.48 Å². The first kappa shape index (κ1) is 22.4. The molecule has 0 atom stereocenters. The van der Waals surface area contributed by atoms with Gasteiger partial charge in [0.2, 0.25) is 0 Å². The fourth-order valence-electron chi connectivity index (χ4n) is 4.75. The molecule has 1 saturated carbocycles. The number of nitrogens with zero attached hydrogens (tertiary/aromatic N) is 5. The van der Waals surface area contributed by atoms with Gasteiger partial charge in [-0.2, -0.15) is 10.2 Å². The monoisotopic (exact) mass is 478 g/mol. The Kier molecular flexibility index (Phi) is 6.49. The molecule has 0 spiro atoms. The highest BCUT2D eigenvalue weighted by molar-refractivity contribution is 6.31. The Labute approximate surface area is 202 Å². The number of hydrogen-bond acceptors (Lipinski definition) is 5. The van der Waals surface area contributed by atoms with Crippen LogP contribution in [-0.4, -0.2) is 37.4 Å². The van der Waals surface area contributed by atoms with Crippen molar-refractivity contribution < 1.29 is 9.53 Å². The SMILES string of the molecule is COc1ccc(Cl)cc1-c1c(NC(=O)c2cnn3cccnc23)cnn1CCC1CCCCC1. The number of amides is 1. The van der Waals surface area contributed by atoms with Crippen molar-refractivity contribution in [3.63, 3.8) is 0 Å². The number of aromatic nitrogens is 5. The number of ether oxygens (including phenoxy) is 1. The van der Waals surface area contributed by atoms with Crippen LogP contribution in [0.2, 0.25) is 5.02 Å². The van der Waals surface area contributed by atoms with Gasteiger partial charge in [-0.1, -0.05) is 43.7 Å². The molecule has 1 aliphatic carbocycles. The minimum atomic E-state index is -0.303. The van der Waals surface area contributed by atoms with Crippen molar-refractivity contribution in [2.75, 3.05) is 12.4 Å². The average molecular weight is 479 g/mol. The molecule has 8 nitrogen and oxygen atoms in total. The van der Waals surface area contributed by atoms with Crippen LogP contribution in [0.15, 0.2) is 49.1 Å². The summed E-state index contributed by atoms with van der Waals surface area (Å²) in [4.78, 5) is 17.5. The second-order valence-electron chi connectivity index (χ2n) is 8.67. The Hall–Kier alpha value is -3.39. The smallest absolute Gasteiger partial charge is 0.261 e. The van der Waals surface area contributed by atoms with Crippen LogP contribution in [0.25, 0.3) is 16.9 Å². The van der Waals surface area contributed by atoms with Crippen molar-refractivity contribution in [1.82, 2.24) is 24.4 Å². The predicted octanol–water partition coefficient (Wildman–Crippen LogP) is 5.48. The van der Waals surface area contributed by atoms with E-state index < -0.39 is 0 Å². The lowest BCUT2D eigenvalue weighted by molar-refractivity contribution is 0.102. The normalized spacial score (nSPS) is 14.4. The molecule has 0 bridgehead atoms. The highest BCUT2D eigenvalue weighted by Crippen LogP contribution is 2.38. The number of rotatable bonds is 7. The van der Waals surface area contributed by atoms with Crippen LogP contribution in [-0.2, 0) is 6.54 Å². The minimum Gasteiger partial charge on any atom is -0.496 e. The quantitative estimate of drug-likeness (QED) is 0.380. The van der Waals surface area contributed by atoms with E-state index in [9.17, 15) is 4.79 Å². The first-order valence-electron chi connectivity index (χ1n) is 11.6. The molecule has 1 fully saturated rings. The number of benzene rings is 1. The molecule has 0 unspecified atom stereocenters. The number of carbonyl (C=O) groups is 1. The molecule has 0 aliphatic heterocycles. The highest BCUT2D eigenvalue weighted by atomic mass is 35.5. The number of fused-ring (bicyclic) bond motifs is 1. The van der Waals surface area contributed by atoms with Crippen molar-refractivity contribution in [3.05, 3.63) is 59.6 Å². The highest BCUT2D eigenvalue weighted by Gasteiger charge is 2.22. The summed E-state index contributed by atoms with van der Waals surface area (Å²) >= 11 is 6.35. The van der Waals surface area contributed by atoms with E-state index in [1.807, 2.05) is 16.8 Å². The van der Waals surface area contributed by atoms with E-state index in [2.05, 4.69) is 20.5 Å². The molecular formula is C25H27ClN6O2. The van der Waals surface area contributed by atoms with Gasteiger partial charge in [0, 0.05) is 29.5 Å². The zero-order chi connectivity index (χ0) is 23.5. The maximum absolute atomic E-state index is 13.2. The minimum absolute atomic E-state index is 0.303. The van der Waals surface area contributed by atoms with Crippen LogP contribution in [0.3, 0.4) is 0 Å². The molecule has 5 rings (SSSR count). The van der Waals surface area contributed by atoms with E-state index in [1.165, 1.54) is 38.3 Å². The maximum atomic E-state index is 13.2. The van der Waals surface area contributed by atoms with E-state index in [-0.39, 0.29) is 5.91 Å². The van der Waals surface area contributed by atoms with Crippen LogP contribution in [0.4, 0.5) is 5.69 Å². The summed E-state index contributed by atoms with van der Waals surface area (Å²) in [5, 5.41) is 12.5. The van der Waals surface area contributed by atoms with Crippen LogP contribution in [0.5, 0.6) is 5.75 Å². The Balaban J connectivity index is 1.49. The van der Waals surface area contributed by atoms with Crippen LogP contribution < -0.4 is 10.1 Å². The molecule has 3 heterocycles. The zero-order valence-electron chi connectivity index (χ0n) is 19.1. The summed E-state index contributed by atoms with van der Waals surface area (Å²) in [7, 11) is 1.62. The van der Waals surface area contributed by atoms with Gasteiger partial charge in [-0.05, 0) is 36.6 Å².